The van der Waals surface area contributed by atoms with Crippen molar-refractivity contribution in [2.45, 2.75) is 23.6 Å². The molecule has 0 radical (unpaired) electrons. The number of ketones is 2. The van der Waals surface area contributed by atoms with Crippen molar-refractivity contribution in [3.63, 3.8) is 0 Å². The molecule has 0 spiro atoms. The Labute approximate surface area is 231 Å². The van der Waals surface area contributed by atoms with Crippen LogP contribution in [0.4, 0.5) is 10.1 Å². The monoisotopic (exact) mass is 585 g/mol. The van der Waals surface area contributed by atoms with Crippen LogP contribution < -0.4 is 5.32 Å². The van der Waals surface area contributed by atoms with Gasteiger partial charge in [0.25, 0.3) is 0 Å². The summed E-state index contributed by atoms with van der Waals surface area (Å²) in [5.41, 5.74) is 1.55. The molecule has 3 aromatic carbocycles. The Morgan fingerprint density at radius 3 is 2.22 bits per heavy atom. The van der Waals surface area contributed by atoms with Crippen molar-refractivity contribution >= 4 is 81.2 Å². The molecule has 1 aliphatic carbocycles. The summed E-state index contributed by atoms with van der Waals surface area (Å²) in [4.78, 5) is 37.9. The Morgan fingerprint density at radius 2 is 1.58 bits per heavy atom. The van der Waals surface area contributed by atoms with Crippen LogP contribution in [-0.4, -0.2) is 21.8 Å². The van der Waals surface area contributed by atoms with Gasteiger partial charge in [-0.2, -0.15) is 0 Å². The fourth-order valence-electron chi connectivity index (χ4n) is 4.16. The summed E-state index contributed by atoms with van der Waals surface area (Å²) in [5.74, 6) is -3.13. The fourth-order valence-corrected chi connectivity index (χ4v) is 5.75. The first kappa shape index (κ1) is 26.9. The van der Waals surface area contributed by atoms with Crippen LogP contribution in [0.25, 0.3) is 0 Å². The van der Waals surface area contributed by atoms with Crippen LogP contribution in [0.3, 0.4) is 0 Å². The van der Waals surface area contributed by atoms with E-state index in [2.05, 4.69) is 5.32 Å². The maximum atomic E-state index is 13.6. The van der Waals surface area contributed by atoms with Crippen molar-refractivity contribution in [2.75, 3.05) is 5.32 Å². The fraction of sp³-hybridized carbons (Fsp3) is 0.192. The summed E-state index contributed by atoms with van der Waals surface area (Å²) in [6.07, 6.45) is -0.182. The second-order valence-electron chi connectivity index (χ2n) is 8.47. The molecule has 2 atom stereocenters. The molecule has 1 aliphatic rings. The van der Waals surface area contributed by atoms with Gasteiger partial charge in [-0.3, -0.25) is 14.4 Å². The number of nitrogens with one attached hydrogen (secondary N) is 1. The number of anilines is 1. The summed E-state index contributed by atoms with van der Waals surface area (Å²) in [6.45, 7) is 1.29. The number of alkyl halides is 2. The Kier molecular flexibility index (Phi) is 7.70. The first-order valence-electron chi connectivity index (χ1n) is 10.6. The number of rotatable bonds is 7. The van der Waals surface area contributed by atoms with E-state index in [1.54, 1.807) is 18.2 Å². The highest BCUT2D eigenvalue weighted by atomic mass is 35.5. The number of hydrogen-bond acceptors (Lipinski definition) is 3. The Hall–Kier alpha value is -2.15. The molecule has 36 heavy (non-hydrogen) atoms. The van der Waals surface area contributed by atoms with Gasteiger partial charge in [0.15, 0.2) is 11.6 Å². The van der Waals surface area contributed by atoms with Crippen LogP contribution in [-0.2, 0) is 11.2 Å². The van der Waals surface area contributed by atoms with Crippen molar-refractivity contribution in [3.05, 3.63) is 97.7 Å². The molecule has 4 rings (SSSR count). The van der Waals surface area contributed by atoms with Gasteiger partial charge in [-0.15, -0.1) is 23.2 Å². The predicted molar refractivity (Wildman–Crippen MR) is 142 cm³/mol. The topological polar surface area (TPSA) is 63.2 Å². The SMILES string of the molecule is CC(=O)c1cc(F)ccc1CC(=O)c1cc(NC(=O)C2C(c3cc(Cl)cc(Cl)c3)C2(Cl)Cl)ccc1Cl. The van der Waals surface area contributed by atoms with Crippen molar-refractivity contribution in [2.24, 2.45) is 5.92 Å². The normalized spacial score (nSPS) is 18.0. The lowest BCUT2D eigenvalue weighted by Crippen LogP contribution is -2.17. The molecular weight excluding hydrogens is 571 g/mol. The molecule has 10 heteroatoms. The van der Waals surface area contributed by atoms with E-state index in [0.29, 0.717) is 26.9 Å². The van der Waals surface area contributed by atoms with Crippen molar-refractivity contribution in [1.29, 1.82) is 0 Å². The van der Waals surface area contributed by atoms with Gasteiger partial charge in [0, 0.05) is 39.2 Å². The van der Waals surface area contributed by atoms with Crippen molar-refractivity contribution in [1.82, 2.24) is 0 Å². The maximum Gasteiger partial charge on any atom is 0.231 e. The van der Waals surface area contributed by atoms with Gasteiger partial charge in [0.2, 0.25) is 5.91 Å². The number of carbonyl (C=O) groups excluding carboxylic acids is 3. The zero-order valence-electron chi connectivity index (χ0n) is 18.6. The van der Waals surface area contributed by atoms with E-state index in [4.69, 9.17) is 58.0 Å². The third-order valence-corrected chi connectivity index (χ3v) is 7.62. The van der Waals surface area contributed by atoms with Crippen molar-refractivity contribution in [3.8, 4) is 0 Å². The first-order valence-corrected chi connectivity index (χ1v) is 12.5. The third-order valence-electron chi connectivity index (χ3n) is 5.92. The summed E-state index contributed by atoms with van der Waals surface area (Å²) in [5, 5.41) is 3.66. The van der Waals surface area contributed by atoms with Gasteiger partial charge < -0.3 is 5.32 Å². The number of hydrogen-bond donors (Lipinski definition) is 1. The predicted octanol–water partition coefficient (Wildman–Crippen LogP) is 7.94. The largest absolute Gasteiger partial charge is 0.326 e. The van der Waals surface area contributed by atoms with Crippen LogP contribution in [0.5, 0.6) is 0 Å². The molecular formula is C26H17Cl5FNO3. The first-order chi connectivity index (χ1) is 16.9. The number of Topliss-reactive ketones (excluding diaryl/α,β-unsaturated/α-hetero) is 2. The zero-order chi connectivity index (χ0) is 26.4. The second-order valence-corrected chi connectivity index (χ2v) is 11.2. The van der Waals surface area contributed by atoms with Crippen LogP contribution >= 0.6 is 58.0 Å². The molecule has 0 saturated heterocycles. The summed E-state index contributed by atoms with van der Waals surface area (Å²) in [7, 11) is 0. The maximum absolute atomic E-state index is 13.6. The average molecular weight is 588 g/mol. The number of amides is 1. The average Bonchev–Trinajstić information content (AvgIpc) is 3.37. The standard InChI is InChI=1S/C26H17Cl5FNO3/c1-12(34)19-10-17(32)3-2-13(19)8-22(35)20-11-18(4-5-21(20)29)33-25(36)24-23(26(24,30)31)14-6-15(27)9-16(28)7-14/h2-7,9-11,23-24H,8H2,1H3,(H,33,36). The smallest absolute Gasteiger partial charge is 0.231 e. The third kappa shape index (κ3) is 5.56. The van der Waals surface area contributed by atoms with Gasteiger partial charge in [-0.1, -0.05) is 40.9 Å². The summed E-state index contributed by atoms with van der Waals surface area (Å²) in [6, 6.07) is 12.9. The minimum atomic E-state index is -1.37. The van der Waals surface area contributed by atoms with E-state index in [0.717, 1.165) is 6.07 Å². The van der Waals surface area contributed by atoms with Gasteiger partial charge in [-0.25, -0.2) is 4.39 Å². The number of benzene rings is 3. The second kappa shape index (κ2) is 10.3. The highest BCUT2D eigenvalue weighted by Crippen LogP contribution is 2.65. The van der Waals surface area contributed by atoms with Gasteiger partial charge in [0.05, 0.1) is 10.9 Å². The molecule has 0 aliphatic heterocycles. The number of halogens is 6. The van der Waals surface area contributed by atoms with Gasteiger partial charge >= 0.3 is 0 Å². The van der Waals surface area contributed by atoms with E-state index in [9.17, 15) is 18.8 Å². The Balaban J connectivity index is 1.53. The lowest BCUT2D eigenvalue weighted by atomic mass is 9.96. The van der Waals surface area contributed by atoms with Crippen LogP contribution in [0.1, 0.15) is 44.7 Å². The lowest BCUT2D eigenvalue weighted by molar-refractivity contribution is -0.117. The van der Waals surface area contributed by atoms with Crippen LogP contribution in [0, 0.1) is 11.7 Å². The van der Waals surface area contributed by atoms with Gasteiger partial charge in [0.1, 0.15) is 10.2 Å². The molecule has 1 amide bonds. The Morgan fingerprint density at radius 1 is 0.917 bits per heavy atom. The molecule has 0 bridgehead atoms. The molecule has 2 unspecified atom stereocenters. The molecule has 4 nitrogen and oxygen atoms in total. The minimum Gasteiger partial charge on any atom is -0.326 e. The molecule has 3 aromatic rings. The molecule has 1 saturated carbocycles. The Bertz CT molecular complexity index is 1390. The minimum absolute atomic E-state index is 0.116. The molecule has 0 heterocycles. The van der Waals surface area contributed by atoms with Crippen LogP contribution in [0.2, 0.25) is 15.1 Å². The quantitative estimate of drug-likeness (QED) is 0.226. The summed E-state index contributed by atoms with van der Waals surface area (Å²) >= 11 is 31.2. The van der Waals surface area contributed by atoms with E-state index in [-0.39, 0.29) is 28.4 Å². The van der Waals surface area contributed by atoms with E-state index in [1.165, 1.54) is 37.3 Å². The zero-order valence-corrected chi connectivity index (χ0v) is 22.3. The highest BCUT2D eigenvalue weighted by Gasteiger charge is 2.67. The highest BCUT2D eigenvalue weighted by molar-refractivity contribution is 6.53. The van der Waals surface area contributed by atoms with Gasteiger partial charge in [-0.05, 0) is 66.6 Å². The van der Waals surface area contributed by atoms with E-state index in [1.807, 2.05) is 0 Å². The molecule has 1 N–H and O–H groups in total. The van der Waals surface area contributed by atoms with E-state index < -0.39 is 33.7 Å². The number of carbonyl (C=O) groups is 3. The lowest BCUT2D eigenvalue weighted by Gasteiger charge is -2.11. The van der Waals surface area contributed by atoms with E-state index >= 15 is 0 Å². The summed E-state index contributed by atoms with van der Waals surface area (Å²) < 4.78 is 12.2. The molecule has 0 aromatic heterocycles. The van der Waals surface area contributed by atoms with Crippen molar-refractivity contribution < 1.29 is 18.8 Å². The molecule has 186 valence electrons. The molecule has 1 fully saturated rings. The van der Waals surface area contributed by atoms with Crippen LogP contribution in [0.15, 0.2) is 54.6 Å².